The van der Waals surface area contributed by atoms with E-state index in [-0.39, 0.29) is 29.6 Å². The lowest BCUT2D eigenvalue weighted by atomic mass is 9.96. The second-order valence-electron chi connectivity index (χ2n) is 7.10. The van der Waals surface area contributed by atoms with Crippen molar-refractivity contribution in [3.63, 3.8) is 0 Å². The van der Waals surface area contributed by atoms with Gasteiger partial charge in [0.25, 0.3) is 5.91 Å². The lowest BCUT2D eigenvalue weighted by Crippen LogP contribution is -2.45. The van der Waals surface area contributed by atoms with Crippen molar-refractivity contribution >= 4 is 23.4 Å². The number of carbonyl (C=O) groups is 3. The van der Waals surface area contributed by atoms with Crippen LogP contribution in [-0.2, 0) is 9.59 Å². The van der Waals surface area contributed by atoms with E-state index in [4.69, 9.17) is 0 Å². The summed E-state index contributed by atoms with van der Waals surface area (Å²) in [7, 11) is 0. The molecule has 142 valence electrons. The van der Waals surface area contributed by atoms with Crippen LogP contribution in [0.3, 0.4) is 0 Å². The maximum absolute atomic E-state index is 12.7. The smallest absolute Gasteiger partial charge is 0.253 e. The minimum atomic E-state index is -0.135. The summed E-state index contributed by atoms with van der Waals surface area (Å²) in [5.74, 6) is -0.318. The summed E-state index contributed by atoms with van der Waals surface area (Å²) in [6, 6.07) is 6.92. The van der Waals surface area contributed by atoms with Gasteiger partial charge in [-0.15, -0.1) is 0 Å². The number of anilines is 1. The van der Waals surface area contributed by atoms with Gasteiger partial charge in [0, 0.05) is 36.8 Å². The van der Waals surface area contributed by atoms with Gasteiger partial charge < -0.3 is 15.5 Å². The first kappa shape index (κ1) is 19.9. The number of nitrogens with zero attached hydrogens (tertiary/aromatic N) is 1. The van der Waals surface area contributed by atoms with Crippen LogP contribution in [0, 0.1) is 11.8 Å². The summed E-state index contributed by atoms with van der Waals surface area (Å²) in [6.07, 6.45) is 2.55. The van der Waals surface area contributed by atoms with Crippen LogP contribution in [0.1, 0.15) is 50.4 Å². The monoisotopic (exact) mass is 359 g/mol. The van der Waals surface area contributed by atoms with E-state index in [1.807, 2.05) is 20.8 Å². The van der Waals surface area contributed by atoms with E-state index < -0.39 is 0 Å². The van der Waals surface area contributed by atoms with Gasteiger partial charge in [-0.05, 0) is 43.5 Å². The Morgan fingerprint density at radius 1 is 1.19 bits per heavy atom. The molecule has 26 heavy (non-hydrogen) atoms. The molecule has 1 saturated heterocycles. The van der Waals surface area contributed by atoms with Gasteiger partial charge in [0.2, 0.25) is 11.8 Å². The Labute approximate surface area is 155 Å². The molecule has 0 spiro atoms. The minimum Gasteiger partial charge on any atom is -0.356 e. The lowest BCUT2D eigenvalue weighted by molar-refractivity contribution is -0.126. The highest BCUT2D eigenvalue weighted by Crippen LogP contribution is 2.20. The van der Waals surface area contributed by atoms with Crippen molar-refractivity contribution in [1.82, 2.24) is 10.2 Å². The molecule has 0 saturated carbocycles. The Balaban J connectivity index is 1.97. The molecule has 3 amide bonds. The second kappa shape index (κ2) is 9.36. The number of carbonyl (C=O) groups excluding carboxylic acids is 3. The number of nitrogens with one attached hydrogen (secondary N) is 2. The first-order chi connectivity index (χ1) is 12.4. The highest BCUT2D eigenvalue weighted by Gasteiger charge is 2.28. The van der Waals surface area contributed by atoms with Crippen molar-refractivity contribution in [2.24, 2.45) is 11.8 Å². The van der Waals surface area contributed by atoms with Gasteiger partial charge in [-0.1, -0.05) is 20.8 Å². The number of hydrogen-bond donors (Lipinski definition) is 2. The van der Waals surface area contributed by atoms with Crippen molar-refractivity contribution in [2.45, 2.75) is 40.0 Å². The molecule has 2 N–H and O–H groups in total. The number of amides is 3. The molecular formula is C20H29N3O3. The van der Waals surface area contributed by atoms with E-state index in [0.717, 1.165) is 19.3 Å². The molecule has 0 aliphatic carbocycles. The fourth-order valence-corrected chi connectivity index (χ4v) is 2.93. The Bertz CT molecular complexity index is 640. The first-order valence-electron chi connectivity index (χ1n) is 9.40. The predicted molar refractivity (Wildman–Crippen MR) is 102 cm³/mol. The van der Waals surface area contributed by atoms with Crippen molar-refractivity contribution in [2.75, 3.05) is 25.0 Å². The zero-order chi connectivity index (χ0) is 19.1. The van der Waals surface area contributed by atoms with Crippen LogP contribution in [0.15, 0.2) is 24.3 Å². The van der Waals surface area contributed by atoms with E-state index in [1.165, 1.54) is 0 Å². The van der Waals surface area contributed by atoms with Crippen LogP contribution >= 0.6 is 0 Å². The molecule has 1 atom stereocenters. The van der Waals surface area contributed by atoms with Crippen LogP contribution in [0.5, 0.6) is 0 Å². The zero-order valence-corrected chi connectivity index (χ0v) is 15.9. The molecule has 6 heteroatoms. The molecule has 1 heterocycles. The number of rotatable bonds is 6. The van der Waals surface area contributed by atoms with Crippen LogP contribution in [0.4, 0.5) is 5.69 Å². The molecule has 0 bridgehead atoms. The van der Waals surface area contributed by atoms with E-state index in [2.05, 4.69) is 10.6 Å². The SMILES string of the molecule is CCCNC(=O)C1CCCN(C(=O)c2ccc(NC(=O)C(C)C)cc2)C1. The third kappa shape index (κ3) is 5.31. The van der Waals surface area contributed by atoms with Gasteiger partial charge in [0.05, 0.1) is 5.92 Å². The number of likely N-dealkylation sites (tertiary alicyclic amines) is 1. The molecule has 1 aromatic rings. The van der Waals surface area contributed by atoms with Crippen LogP contribution in [-0.4, -0.2) is 42.3 Å². The van der Waals surface area contributed by atoms with Gasteiger partial charge in [-0.25, -0.2) is 0 Å². The molecule has 6 nitrogen and oxygen atoms in total. The molecular weight excluding hydrogens is 330 g/mol. The molecule has 2 rings (SSSR count). The predicted octanol–water partition coefficient (Wildman–Crippen LogP) is 2.66. The maximum atomic E-state index is 12.7. The molecule has 1 aliphatic heterocycles. The van der Waals surface area contributed by atoms with Gasteiger partial charge in [-0.2, -0.15) is 0 Å². The standard InChI is InChI=1S/C20H29N3O3/c1-4-11-21-19(25)16-6-5-12-23(13-16)20(26)15-7-9-17(10-8-15)22-18(24)14(2)3/h7-10,14,16H,4-6,11-13H2,1-3H3,(H,21,25)(H,22,24). The Kier molecular flexibility index (Phi) is 7.18. The highest BCUT2D eigenvalue weighted by molar-refractivity contribution is 5.96. The third-order valence-electron chi connectivity index (χ3n) is 4.55. The van der Waals surface area contributed by atoms with Crippen LogP contribution in [0.25, 0.3) is 0 Å². The summed E-state index contributed by atoms with van der Waals surface area (Å²) >= 11 is 0. The fraction of sp³-hybridized carbons (Fsp3) is 0.550. The van der Waals surface area contributed by atoms with Gasteiger partial charge in [0.1, 0.15) is 0 Å². The summed E-state index contributed by atoms with van der Waals surface area (Å²) in [4.78, 5) is 38.4. The Morgan fingerprint density at radius 2 is 1.88 bits per heavy atom. The van der Waals surface area contributed by atoms with Crippen molar-refractivity contribution < 1.29 is 14.4 Å². The summed E-state index contributed by atoms with van der Waals surface area (Å²) in [5.41, 5.74) is 1.25. The third-order valence-corrected chi connectivity index (χ3v) is 4.55. The molecule has 0 radical (unpaired) electrons. The van der Waals surface area contributed by atoms with E-state index >= 15 is 0 Å². The highest BCUT2D eigenvalue weighted by atomic mass is 16.2. The largest absolute Gasteiger partial charge is 0.356 e. The fourth-order valence-electron chi connectivity index (χ4n) is 2.93. The molecule has 1 fully saturated rings. The zero-order valence-electron chi connectivity index (χ0n) is 15.9. The normalized spacial score (nSPS) is 17.1. The quantitative estimate of drug-likeness (QED) is 0.820. The molecule has 0 aromatic heterocycles. The first-order valence-corrected chi connectivity index (χ1v) is 9.40. The van der Waals surface area contributed by atoms with E-state index in [1.54, 1.807) is 29.2 Å². The molecule has 1 aromatic carbocycles. The number of piperidine rings is 1. The van der Waals surface area contributed by atoms with Gasteiger partial charge >= 0.3 is 0 Å². The van der Waals surface area contributed by atoms with Crippen molar-refractivity contribution in [3.8, 4) is 0 Å². The van der Waals surface area contributed by atoms with Gasteiger partial charge in [0.15, 0.2) is 0 Å². The maximum Gasteiger partial charge on any atom is 0.253 e. The van der Waals surface area contributed by atoms with Crippen molar-refractivity contribution in [1.29, 1.82) is 0 Å². The lowest BCUT2D eigenvalue weighted by Gasteiger charge is -2.32. The van der Waals surface area contributed by atoms with Gasteiger partial charge in [-0.3, -0.25) is 14.4 Å². The van der Waals surface area contributed by atoms with Crippen LogP contribution < -0.4 is 10.6 Å². The average Bonchev–Trinajstić information content (AvgIpc) is 2.66. The molecule has 1 unspecified atom stereocenters. The summed E-state index contributed by atoms with van der Waals surface area (Å²) < 4.78 is 0. The van der Waals surface area contributed by atoms with Crippen LogP contribution in [0.2, 0.25) is 0 Å². The Hall–Kier alpha value is -2.37. The summed E-state index contributed by atoms with van der Waals surface area (Å²) in [5, 5.41) is 5.73. The Morgan fingerprint density at radius 3 is 2.50 bits per heavy atom. The molecule has 1 aliphatic rings. The topological polar surface area (TPSA) is 78.5 Å². The average molecular weight is 359 g/mol. The number of hydrogen-bond acceptors (Lipinski definition) is 3. The van der Waals surface area contributed by atoms with Crippen molar-refractivity contribution in [3.05, 3.63) is 29.8 Å². The second-order valence-corrected chi connectivity index (χ2v) is 7.10. The minimum absolute atomic E-state index is 0.0381. The number of benzene rings is 1. The summed E-state index contributed by atoms with van der Waals surface area (Å²) in [6.45, 7) is 7.48. The van der Waals surface area contributed by atoms with E-state index in [9.17, 15) is 14.4 Å². The van der Waals surface area contributed by atoms with E-state index in [0.29, 0.717) is 30.9 Å².